The van der Waals surface area contributed by atoms with Crippen molar-refractivity contribution < 1.29 is 14.2 Å². The van der Waals surface area contributed by atoms with E-state index >= 15 is 0 Å². The fourth-order valence-electron chi connectivity index (χ4n) is 3.19. The van der Waals surface area contributed by atoms with Crippen molar-refractivity contribution in [2.24, 2.45) is 21.4 Å². The molecule has 8 nitrogen and oxygen atoms in total. The van der Waals surface area contributed by atoms with Crippen LogP contribution in [0.4, 0.5) is 4.79 Å². The molecule has 3 aliphatic heterocycles. The minimum absolute atomic E-state index is 0.116. The highest BCUT2D eigenvalue weighted by molar-refractivity contribution is 6.23. The van der Waals surface area contributed by atoms with E-state index in [2.05, 4.69) is 39.6 Å². The second-order valence-corrected chi connectivity index (χ2v) is 8.31. The number of likely N-dealkylation sites (N-methyl/N-ethyl adjacent to an activating group) is 2. The number of guanidine groups is 1. The molecule has 136 valence electrons. The fourth-order valence-corrected chi connectivity index (χ4v) is 3.19. The lowest BCUT2D eigenvalue weighted by Gasteiger charge is -2.33. The minimum atomic E-state index is -0.565. The van der Waals surface area contributed by atoms with Crippen molar-refractivity contribution in [2.45, 2.75) is 40.7 Å². The van der Waals surface area contributed by atoms with Crippen molar-refractivity contribution in [3.8, 4) is 0 Å². The van der Waals surface area contributed by atoms with Crippen LogP contribution in [0, 0.1) is 11.3 Å². The number of hydrazone groups is 1. The van der Waals surface area contributed by atoms with Crippen molar-refractivity contribution in [1.82, 2.24) is 14.8 Å². The summed E-state index contributed by atoms with van der Waals surface area (Å²) in [4.78, 5) is 32.3. The summed E-state index contributed by atoms with van der Waals surface area (Å²) in [7, 11) is 3.18. The van der Waals surface area contributed by atoms with Crippen LogP contribution in [0.1, 0.15) is 34.6 Å². The number of nitrogens with zero attached hydrogens (tertiary/aromatic N) is 6. The van der Waals surface area contributed by atoms with Gasteiger partial charge in [-0.15, -0.1) is 10.1 Å². The normalized spacial score (nSPS) is 24.0. The highest BCUT2D eigenvalue weighted by Gasteiger charge is 2.54. The molecule has 0 N–H and O–H groups in total. The lowest BCUT2D eigenvalue weighted by Crippen LogP contribution is -2.62. The number of carbonyl (C=O) groups is 2. The zero-order valence-corrected chi connectivity index (χ0v) is 16.1. The smallest absolute Gasteiger partial charge is 0.270 e. The largest absolute Gasteiger partial charge is 0.416 e. The Morgan fingerprint density at radius 1 is 1.20 bits per heavy atom. The first-order chi connectivity index (χ1) is 11.5. The highest BCUT2D eigenvalue weighted by Crippen LogP contribution is 2.26. The van der Waals surface area contributed by atoms with Gasteiger partial charge in [0.1, 0.15) is 6.54 Å². The van der Waals surface area contributed by atoms with E-state index in [4.69, 9.17) is 5.10 Å². The van der Waals surface area contributed by atoms with Gasteiger partial charge < -0.3 is 0 Å². The van der Waals surface area contributed by atoms with E-state index < -0.39 is 6.04 Å². The number of hydrogen-bond donors (Lipinski definition) is 0. The third kappa shape index (κ3) is 2.73. The van der Waals surface area contributed by atoms with Crippen LogP contribution in [0.3, 0.4) is 0 Å². The van der Waals surface area contributed by atoms with E-state index in [1.165, 1.54) is 16.8 Å². The summed E-state index contributed by atoms with van der Waals surface area (Å²) in [5, 5.41) is 6.70. The maximum Gasteiger partial charge on any atom is 0.416 e. The first-order valence-electron chi connectivity index (χ1n) is 8.65. The Bertz CT molecular complexity index is 728. The first kappa shape index (κ1) is 17.6. The van der Waals surface area contributed by atoms with E-state index in [1.807, 2.05) is 9.58 Å². The number of amides is 3. The number of rotatable bonds is 2. The van der Waals surface area contributed by atoms with Gasteiger partial charge >= 0.3 is 12.0 Å². The number of amidine groups is 1. The van der Waals surface area contributed by atoms with Crippen LogP contribution < -0.4 is 0 Å². The molecule has 0 bridgehead atoms. The third-order valence-corrected chi connectivity index (χ3v) is 4.71. The van der Waals surface area contributed by atoms with Gasteiger partial charge in [-0.2, -0.15) is 0 Å². The molecule has 0 spiro atoms. The van der Waals surface area contributed by atoms with Crippen molar-refractivity contribution in [3.63, 3.8) is 0 Å². The maximum absolute atomic E-state index is 12.8. The molecule has 25 heavy (non-hydrogen) atoms. The molecule has 3 heterocycles. The molecule has 0 saturated carbocycles. The van der Waals surface area contributed by atoms with Gasteiger partial charge in [-0.25, -0.2) is 9.37 Å². The lowest BCUT2D eigenvalue weighted by atomic mass is 9.89. The van der Waals surface area contributed by atoms with Crippen LogP contribution in [-0.4, -0.2) is 82.1 Å². The molecule has 8 heteroatoms. The molecular weight excluding hydrogens is 320 g/mol. The first-order valence-corrected chi connectivity index (χ1v) is 8.65. The average molecular weight is 347 g/mol. The zero-order valence-electron chi connectivity index (χ0n) is 16.1. The van der Waals surface area contributed by atoms with Gasteiger partial charge in [-0.05, 0) is 5.92 Å². The van der Waals surface area contributed by atoms with Crippen LogP contribution >= 0.6 is 0 Å². The second kappa shape index (κ2) is 5.64. The monoisotopic (exact) mass is 347 g/mol. The molecule has 0 radical (unpaired) electrons. The van der Waals surface area contributed by atoms with Crippen molar-refractivity contribution in [3.05, 3.63) is 0 Å². The summed E-state index contributed by atoms with van der Waals surface area (Å²) in [5.41, 5.74) is 0.887. The molecule has 0 aliphatic carbocycles. The molecule has 0 aromatic carbocycles. The molecule has 0 aromatic heterocycles. The third-order valence-electron chi connectivity index (χ3n) is 4.71. The number of urea groups is 1. The molecule has 1 unspecified atom stereocenters. The molecule has 0 aromatic rings. The van der Waals surface area contributed by atoms with Crippen molar-refractivity contribution in [2.75, 3.05) is 27.2 Å². The summed E-state index contributed by atoms with van der Waals surface area (Å²) in [5.74, 6) is 1.29. The number of hydrogen-bond acceptors (Lipinski definition) is 5. The Morgan fingerprint density at radius 2 is 1.84 bits per heavy atom. The molecule has 3 aliphatic rings. The number of imide groups is 1. The van der Waals surface area contributed by atoms with Gasteiger partial charge in [-0.1, -0.05) is 39.6 Å². The Labute approximate surface area is 148 Å². The number of aliphatic imine (C=N–C) groups is 1. The van der Waals surface area contributed by atoms with E-state index in [1.54, 1.807) is 7.05 Å². The predicted octanol–water partition coefficient (Wildman–Crippen LogP) is 1.03. The minimum Gasteiger partial charge on any atom is -0.270 e. The standard InChI is InChI=1S/C17H27N6O2/c1-10(2)8-23-15-18-13-12(14(24)21(7)16(25)20(13)6)22(15)9-11(19-23)17(3,4)5/h10,12H,8-9H2,1-7H3/q+1. The summed E-state index contributed by atoms with van der Waals surface area (Å²) in [6.45, 7) is 11.8. The van der Waals surface area contributed by atoms with Crippen LogP contribution in [0.15, 0.2) is 10.1 Å². The van der Waals surface area contributed by atoms with Crippen molar-refractivity contribution >= 4 is 29.4 Å². The SMILES string of the molecule is CC(C)CN1N=C(C(C)(C)C)C[N+]2=C1N=C1C2C(=O)N(C)C(=O)N1C. The van der Waals surface area contributed by atoms with Gasteiger partial charge in [0.25, 0.3) is 5.91 Å². The van der Waals surface area contributed by atoms with Gasteiger partial charge in [0.05, 0.1) is 12.3 Å². The number of carbonyl (C=O) groups excluding carboxylic acids is 2. The number of fused-ring (bicyclic) bond motifs is 2. The Balaban J connectivity index is 2.06. The molecular formula is C17H27N6O2+. The Hall–Kier alpha value is -2.25. The summed E-state index contributed by atoms with van der Waals surface area (Å²) in [6, 6.07) is -0.918. The quantitative estimate of drug-likeness (QED) is 0.701. The van der Waals surface area contributed by atoms with Crippen LogP contribution in [0.5, 0.6) is 0 Å². The van der Waals surface area contributed by atoms with Gasteiger partial charge in [0.2, 0.25) is 11.9 Å². The summed E-state index contributed by atoms with van der Waals surface area (Å²) in [6.07, 6.45) is 0. The predicted molar refractivity (Wildman–Crippen MR) is 95.7 cm³/mol. The fraction of sp³-hybridized carbons (Fsp3) is 0.706. The van der Waals surface area contributed by atoms with E-state index in [-0.39, 0.29) is 17.4 Å². The van der Waals surface area contributed by atoms with Gasteiger partial charge in [-0.3, -0.25) is 14.6 Å². The average Bonchev–Trinajstić information content (AvgIpc) is 2.89. The topological polar surface area (TPSA) is 71.6 Å². The highest BCUT2D eigenvalue weighted by atomic mass is 16.2. The van der Waals surface area contributed by atoms with E-state index in [0.29, 0.717) is 30.8 Å². The summed E-state index contributed by atoms with van der Waals surface area (Å²) < 4.78 is 1.98. The Kier molecular flexibility index (Phi) is 3.96. The lowest BCUT2D eigenvalue weighted by molar-refractivity contribution is -0.528. The molecule has 1 atom stereocenters. The van der Waals surface area contributed by atoms with E-state index in [0.717, 1.165) is 5.71 Å². The molecule has 1 fully saturated rings. The summed E-state index contributed by atoms with van der Waals surface area (Å²) >= 11 is 0. The van der Waals surface area contributed by atoms with Crippen molar-refractivity contribution in [1.29, 1.82) is 0 Å². The molecule has 3 amide bonds. The van der Waals surface area contributed by atoms with Crippen LogP contribution in [0.2, 0.25) is 0 Å². The Morgan fingerprint density at radius 3 is 2.40 bits per heavy atom. The second-order valence-electron chi connectivity index (χ2n) is 8.31. The van der Waals surface area contributed by atoms with Crippen LogP contribution in [-0.2, 0) is 4.79 Å². The molecule has 3 rings (SSSR count). The van der Waals surface area contributed by atoms with Gasteiger partial charge in [0, 0.05) is 19.5 Å². The zero-order chi connectivity index (χ0) is 18.7. The molecule has 1 saturated heterocycles. The van der Waals surface area contributed by atoms with E-state index in [9.17, 15) is 9.59 Å². The van der Waals surface area contributed by atoms with Crippen LogP contribution in [0.25, 0.3) is 0 Å². The maximum atomic E-state index is 12.8. The van der Waals surface area contributed by atoms with Gasteiger partial charge in [0.15, 0.2) is 0 Å².